The molecule has 142 valence electrons. The molecule has 2 aromatic rings. The van der Waals surface area contributed by atoms with Gasteiger partial charge < -0.3 is 20.5 Å². The number of benzene rings is 2. The van der Waals surface area contributed by atoms with Crippen molar-refractivity contribution in [1.82, 2.24) is 5.32 Å². The molecule has 2 rings (SSSR count). The third-order valence-electron chi connectivity index (χ3n) is 3.62. The van der Waals surface area contributed by atoms with Crippen LogP contribution < -0.4 is 10.6 Å². The maximum Gasteiger partial charge on any atom is 0.331 e. The molecule has 0 aromatic heterocycles. The van der Waals surface area contributed by atoms with Gasteiger partial charge in [0, 0.05) is 14.8 Å². The zero-order chi connectivity index (χ0) is 19.8. The van der Waals surface area contributed by atoms with Gasteiger partial charge in [-0.05, 0) is 65.4 Å². The summed E-state index contributed by atoms with van der Waals surface area (Å²) in [4.78, 5) is 36.1. The van der Waals surface area contributed by atoms with E-state index in [1.54, 1.807) is 36.4 Å². The topological polar surface area (TPSA) is 105 Å². The fourth-order valence-electron chi connectivity index (χ4n) is 2.20. The summed E-state index contributed by atoms with van der Waals surface area (Å²) in [6.45, 7) is 0.682. The van der Waals surface area contributed by atoms with E-state index in [4.69, 9.17) is 4.74 Å². The fourth-order valence-corrected chi connectivity index (χ4v) is 2.85. The number of carbonyl (C=O) groups is 3. The number of aryl methyl sites for hydroxylation is 1. The molecule has 0 saturated carbocycles. The standard InChI is InChI=1S/C19H19IN2O5/c1-12-9-14(20)7-8-15(12)21-17(24)11-27-19(26)16(10-23)22-18(25)13-5-3-2-4-6-13/h2-9,16,23H,10-11H2,1H3,(H,21,24)(H,22,25). The zero-order valence-corrected chi connectivity index (χ0v) is 16.7. The highest BCUT2D eigenvalue weighted by Crippen LogP contribution is 2.17. The lowest BCUT2D eigenvalue weighted by Crippen LogP contribution is -2.45. The third-order valence-corrected chi connectivity index (χ3v) is 4.29. The molecule has 0 aliphatic rings. The first-order valence-electron chi connectivity index (χ1n) is 8.10. The maximum atomic E-state index is 12.1. The molecule has 2 aromatic carbocycles. The van der Waals surface area contributed by atoms with Gasteiger partial charge in [0.15, 0.2) is 12.6 Å². The lowest BCUT2D eigenvalue weighted by atomic mass is 10.2. The number of amides is 2. The van der Waals surface area contributed by atoms with Crippen LogP contribution in [0.5, 0.6) is 0 Å². The van der Waals surface area contributed by atoms with E-state index in [9.17, 15) is 19.5 Å². The van der Waals surface area contributed by atoms with Gasteiger partial charge >= 0.3 is 5.97 Å². The summed E-state index contributed by atoms with van der Waals surface area (Å²) in [6.07, 6.45) is 0. The van der Waals surface area contributed by atoms with Crippen molar-refractivity contribution in [2.45, 2.75) is 13.0 Å². The van der Waals surface area contributed by atoms with E-state index in [-0.39, 0.29) is 0 Å². The van der Waals surface area contributed by atoms with Gasteiger partial charge in [0.2, 0.25) is 0 Å². The van der Waals surface area contributed by atoms with Crippen LogP contribution in [0.3, 0.4) is 0 Å². The molecule has 0 fully saturated rings. The van der Waals surface area contributed by atoms with Crippen LogP contribution in [0.4, 0.5) is 5.69 Å². The first kappa shape index (κ1) is 20.8. The van der Waals surface area contributed by atoms with Gasteiger partial charge in [0.1, 0.15) is 0 Å². The summed E-state index contributed by atoms with van der Waals surface area (Å²) >= 11 is 2.17. The smallest absolute Gasteiger partial charge is 0.331 e. The van der Waals surface area contributed by atoms with Crippen LogP contribution in [-0.4, -0.2) is 42.1 Å². The van der Waals surface area contributed by atoms with Gasteiger partial charge in [-0.15, -0.1) is 0 Å². The van der Waals surface area contributed by atoms with E-state index in [1.807, 2.05) is 19.1 Å². The summed E-state index contributed by atoms with van der Waals surface area (Å²) in [5.74, 6) is -1.93. The molecule has 0 heterocycles. The van der Waals surface area contributed by atoms with Gasteiger partial charge in [0.25, 0.3) is 11.8 Å². The van der Waals surface area contributed by atoms with E-state index >= 15 is 0 Å². The van der Waals surface area contributed by atoms with Crippen molar-refractivity contribution in [2.24, 2.45) is 0 Å². The number of ether oxygens (including phenoxy) is 1. The Balaban J connectivity index is 1.87. The van der Waals surface area contributed by atoms with Crippen molar-refractivity contribution in [3.8, 4) is 0 Å². The van der Waals surface area contributed by atoms with Crippen LogP contribution in [0.1, 0.15) is 15.9 Å². The average Bonchev–Trinajstić information content (AvgIpc) is 2.67. The molecule has 0 bridgehead atoms. The number of rotatable bonds is 7. The summed E-state index contributed by atoms with van der Waals surface area (Å²) in [5.41, 5.74) is 1.84. The number of anilines is 1. The van der Waals surface area contributed by atoms with Crippen LogP contribution in [0.15, 0.2) is 48.5 Å². The minimum atomic E-state index is -1.26. The minimum absolute atomic E-state index is 0.343. The number of nitrogens with one attached hydrogen (secondary N) is 2. The molecule has 1 atom stereocenters. The van der Waals surface area contributed by atoms with Crippen LogP contribution in [-0.2, 0) is 14.3 Å². The predicted octanol–water partition coefficient (Wildman–Crippen LogP) is 1.87. The van der Waals surface area contributed by atoms with Gasteiger partial charge in [-0.3, -0.25) is 9.59 Å². The number of hydrogen-bond donors (Lipinski definition) is 3. The summed E-state index contributed by atoms with van der Waals surface area (Å²) < 4.78 is 5.94. The molecule has 0 spiro atoms. The number of esters is 1. The van der Waals surface area contributed by atoms with E-state index in [0.29, 0.717) is 11.3 Å². The van der Waals surface area contributed by atoms with E-state index in [0.717, 1.165) is 9.13 Å². The molecule has 0 aliphatic heterocycles. The molecule has 3 N–H and O–H groups in total. The monoisotopic (exact) mass is 482 g/mol. The Kier molecular flexibility index (Phi) is 7.74. The number of carbonyl (C=O) groups excluding carboxylic acids is 3. The average molecular weight is 482 g/mol. The lowest BCUT2D eigenvalue weighted by Gasteiger charge is -2.15. The first-order chi connectivity index (χ1) is 12.9. The maximum absolute atomic E-state index is 12.1. The van der Waals surface area contributed by atoms with Crippen molar-refractivity contribution in [3.63, 3.8) is 0 Å². The highest BCUT2D eigenvalue weighted by molar-refractivity contribution is 14.1. The predicted molar refractivity (Wildman–Crippen MR) is 108 cm³/mol. The Bertz CT molecular complexity index is 826. The Morgan fingerprint density at radius 1 is 1.15 bits per heavy atom. The molecule has 7 nitrogen and oxygen atoms in total. The highest BCUT2D eigenvalue weighted by Gasteiger charge is 2.23. The Labute approximate surface area is 170 Å². The molecule has 0 aliphatic carbocycles. The minimum Gasteiger partial charge on any atom is -0.454 e. The van der Waals surface area contributed by atoms with Crippen molar-refractivity contribution in [1.29, 1.82) is 0 Å². The second-order valence-electron chi connectivity index (χ2n) is 5.69. The molecular formula is C19H19IN2O5. The van der Waals surface area contributed by atoms with Crippen LogP contribution in [0.25, 0.3) is 0 Å². The van der Waals surface area contributed by atoms with E-state index in [2.05, 4.69) is 33.2 Å². The van der Waals surface area contributed by atoms with Crippen LogP contribution in [0.2, 0.25) is 0 Å². The number of aliphatic hydroxyl groups is 1. The molecule has 1 unspecified atom stereocenters. The summed E-state index contributed by atoms with van der Waals surface area (Å²) in [6, 6.07) is 12.5. The molecule has 0 saturated heterocycles. The van der Waals surface area contributed by atoms with Crippen molar-refractivity contribution in [2.75, 3.05) is 18.5 Å². The van der Waals surface area contributed by atoms with Gasteiger partial charge in [0.05, 0.1) is 6.61 Å². The zero-order valence-electron chi connectivity index (χ0n) is 14.6. The number of halogens is 1. The summed E-state index contributed by atoms with van der Waals surface area (Å²) in [7, 11) is 0. The molecule has 2 amide bonds. The Hall–Kier alpha value is -2.46. The Morgan fingerprint density at radius 3 is 2.48 bits per heavy atom. The Morgan fingerprint density at radius 2 is 1.85 bits per heavy atom. The van der Waals surface area contributed by atoms with Gasteiger partial charge in [-0.2, -0.15) is 0 Å². The second-order valence-corrected chi connectivity index (χ2v) is 6.94. The third kappa shape index (κ3) is 6.33. The fraction of sp³-hybridized carbons (Fsp3) is 0.211. The largest absolute Gasteiger partial charge is 0.454 e. The van der Waals surface area contributed by atoms with Crippen molar-refractivity contribution < 1.29 is 24.2 Å². The van der Waals surface area contributed by atoms with Crippen LogP contribution >= 0.6 is 22.6 Å². The molecule has 0 radical (unpaired) electrons. The quantitative estimate of drug-likeness (QED) is 0.413. The normalized spacial score (nSPS) is 11.4. The number of hydrogen-bond acceptors (Lipinski definition) is 5. The van der Waals surface area contributed by atoms with Crippen molar-refractivity contribution >= 4 is 46.1 Å². The summed E-state index contributed by atoms with van der Waals surface area (Å²) in [5, 5.41) is 14.4. The highest BCUT2D eigenvalue weighted by atomic mass is 127. The SMILES string of the molecule is Cc1cc(I)ccc1NC(=O)COC(=O)C(CO)NC(=O)c1ccccc1. The van der Waals surface area contributed by atoms with Gasteiger partial charge in [-0.1, -0.05) is 18.2 Å². The van der Waals surface area contributed by atoms with E-state index in [1.165, 1.54) is 0 Å². The second kappa shape index (κ2) is 10.0. The molecule has 8 heteroatoms. The lowest BCUT2D eigenvalue weighted by molar-refractivity contribution is -0.150. The van der Waals surface area contributed by atoms with Crippen molar-refractivity contribution in [3.05, 3.63) is 63.2 Å². The van der Waals surface area contributed by atoms with Gasteiger partial charge in [-0.25, -0.2) is 4.79 Å². The molecular weight excluding hydrogens is 463 g/mol. The van der Waals surface area contributed by atoms with Crippen LogP contribution in [0, 0.1) is 10.5 Å². The first-order valence-corrected chi connectivity index (χ1v) is 9.18. The van der Waals surface area contributed by atoms with E-state index < -0.39 is 37.0 Å². The molecule has 27 heavy (non-hydrogen) atoms. The number of aliphatic hydroxyl groups excluding tert-OH is 1.